The van der Waals surface area contributed by atoms with Crippen LogP contribution in [-0.4, -0.2) is 15.5 Å². The van der Waals surface area contributed by atoms with Gasteiger partial charge in [0.2, 0.25) is 5.91 Å². The monoisotopic (exact) mass is 409 g/mol. The lowest BCUT2D eigenvalue weighted by Crippen LogP contribution is -2.26. The molecule has 2 N–H and O–H groups in total. The van der Waals surface area contributed by atoms with E-state index in [-0.39, 0.29) is 18.5 Å². The third-order valence-corrected chi connectivity index (χ3v) is 5.59. The van der Waals surface area contributed by atoms with Crippen molar-refractivity contribution in [1.82, 2.24) is 9.55 Å². The Labute approximate surface area is 170 Å². The molecule has 0 aliphatic heterocycles. The smallest absolute Gasteiger partial charge is 0.263 e. The average Bonchev–Trinajstić information content (AvgIpc) is 3.12. The third kappa shape index (κ3) is 3.44. The Morgan fingerprint density at radius 3 is 2.46 bits per heavy atom. The first kappa shape index (κ1) is 18.4. The van der Waals surface area contributed by atoms with E-state index in [1.54, 1.807) is 12.1 Å². The summed E-state index contributed by atoms with van der Waals surface area (Å²) in [5.41, 5.74) is 7.65. The number of primary amides is 1. The van der Waals surface area contributed by atoms with E-state index < -0.39 is 5.91 Å². The van der Waals surface area contributed by atoms with E-state index in [4.69, 9.17) is 22.3 Å². The molecule has 0 radical (unpaired) electrons. The number of hydrogen-bond donors (Lipinski definition) is 1. The van der Waals surface area contributed by atoms with Gasteiger partial charge in [-0.15, -0.1) is 11.3 Å². The van der Waals surface area contributed by atoms with Crippen LogP contribution < -0.4 is 11.3 Å². The molecule has 4 aromatic rings. The van der Waals surface area contributed by atoms with E-state index in [0.717, 1.165) is 16.7 Å². The summed E-state index contributed by atoms with van der Waals surface area (Å²) in [5, 5.41) is 3.10. The second-order valence-electron chi connectivity index (χ2n) is 6.31. The molecule has 0 fully saturated rings. The molecule has 2 aromatic heterocycles. The minimum Gasteiger partial charge on any atom is -0.370 e. The van der Waals surface area contributed by atoms with E-state index >= 15 is 0 Å². The van der Waals surface area contributed by atoms with Crippen molar-refractivity contribution >= 4 is 39.1 Å². The zero-order valence-electron chi connectivity index (χ0n) is 14.8. The van der Waals surface area contributed by atoms with Gasteiger partial charge in [0.1, 0.15) is 10.7 Å². The Kier molecular flexibility index (Phi) is 4.98. The number of carbonyl (C=O) groups is 1. The predicted octanol–water partition coefficient (Wildman–Crippen LogP) is 4.32. The quantitative estimate of drug-likeness (QED) is 0.533. The van der Waals surface area contributed by atoms with Crippen molar-refractivity contribution in [3.63, 3.8) is 0 Å². The van der Waals surface area contributed by atoms with Crippen LogP contribution in [0.3, 0.4) is 0 Å². The van der Waals surface area contributed by atoms with E-state index in [1.165, 1.54) is 15.9 Å². The molecule has 4 rings (SSSR count). The molecule has 0 aliphatic carbocycles. The first-order valence-electron chi connectivity index (χ1n) is 8.66. The summed E-state index contributed by atoms with van der Waals surface area (Å²) in [6, 6.07) is 16.8. The number of aromatic nitrogens is 2. The maximum atomic E-state index is 13.4. The van der Waals surface area contributed by atoms with Crippen LogP contribution in [0.1, 0.15) is 6.42 Å². The molecule has 0 unspecified atom stereocenters. The fourth-order valence-corrected chi connectivity index (χ4v) is 4.17. The standard InChI is InChI=1S/C21H16ClN3O2S/c22-15-8-6-13(7-9-15)16-12-28-20-18(16)21(27)25(11-10-17(23)26)19(24-20)14-4-2-1-3-5-14/h1-9,12H,10-11H2,(H2,23,26). The highest BCUT2D eigenvalue weighted by atomic mass is 35.5. The second-order valence-corrected chi connectivity index (χ2v) is 7.61. The van der Waals surface area contributed by atoms with Crippen LogP contribution in [0.2, 0.25) is 5.02 Å². The first-order valence-corrected chi connectivity index (χ1v) is 9.92. The van der Waals surface area contributed by atoms with Crippen molar-refractivity contribution in [3.05, 3.63) is 75.4 Å². The summed E-state index contributed by atoms with van der Waals surface area (Å²) >= 11 is 7.41. The van der Waals surface area contributed by atoms with E-state index in [0.29, 0.717) is 21.1 Å². The maximum Gasteiger partial charge on any atom is 0.263 e. The maximum absolute atomic E-state index is 13.4. The molecule has 7 heteroatoms. The molecule has 0 saturated carbocycles. The van der Waals surface area contributed by atoms with Gasteiger partial charge in [-0.05, 0) is 17.7 Å². The molecule has 0 atom stereocenters. The number of nitrogens with zero attached hydrogens (tertiary/aromatic N) is 2. The highest BCUT2D eigenvalue weighted by Crippen LogP contribution is 2.33. The van der Waals surface area contributed by atoms with Crippen LogP contribution in [0.25, 0.3) is 32.7 Å². The molecule has 0 bridgehead atoms. The van der Waals surface area contributed by atoms with E-state index in [2.05, 4.69) is 0 Å². The van der Waals surface area contributed by atoms with Crippen molar-refractivity contribution in [1.29, 1.82) is 0 Å². The van der Waals surface area contributed by atoms with Crippen LogP contribution in [0.5, 0.6) is 0 Å². The van der Waals surface area contributed by atoms with Crippen LogP contribution in [0.15, 0.2) is 64.8 Å². The van der Waals surface area contributed by atoms with Gasteiger partial charge in [-0.25, -0.2) is 4.98 Å². The predicted molar refractivity (Wildman–Crippen MR) is 114 cm³/mol. The Morgan fingerprint density at radius 1 is 1.07 bits per heavy atom. The number of hydrogen-bond acceptors (Lipinski definition) is 4. The SMILES string of the molecule is NC(=O)CCn1c(-c2ccccc2)nc2scc(-c3ccc(Cl)cc3)c2c1=O. The molecule has 2 heterocycles. The molecule has 5 nitrogen and oxygen atoms in total. The molecule has 28 heavy (non-hydrogen) atoms. The summed E-state index contributed by atoms with van der Waals surface area (Å²) in [4.78, 5) is 30.2. The fourth-order valence-electron chi connectivity index (χ4n) is 3.10. The summed E-state index contributed by atoms with van der Waals surface area (Å²) in [7, 11) is 0. The van der Waals surface area contributed by atoms with Gasteiger partial charge >= 0.3 is 0 Å². The number of amides is 1. The zero-order valence-corrected chi connectivity index (χ0v) is 16.3. The normalized spacial score (nSPS) is 11.0. The lowest BCUT2D eigenvalue weighted by molar-refractivity contribution is -0.118. The summed E-state index contributed by atoms with van der Waals surface area (Å²) in [6.45, 7) is 0.178. The Balaban J connectivity index is 1.96. The number of halogens is 1. The molecule has 1 amide bonds. The third-order valence-electron chi connectivity index (χ3n) is 4.46. The molecule has 140 valence electrons. The summed E-state index contributed by atoms with van der Waals surface area (Å²) < 4.78 is 1.54. The number of nitrogens with two attached hydrogens (primary N) is 1. The van der Waals surface area contributed by atoms with Crippen molar-refractivity contribution in [2.45, 2.75) is 13.0 Å². The lowest BCUT2D eigenvalue weighted by atomic mass is 10.1. The van der Waals surface area contributed by atoms with Gasteiger partial charge in [0.25, 0.3) is 5.56 Å². The largest absolute Gasteiger partial charge is 0.370 e. The number of fused-ring (bicyclic) bond motifs is 1. The summed E-state index contributed by atoms with van der Waals surface area (Å²) in [6.07, 6.45) is 0.0628. The van der Waals surface area contributed by atoms with Gasteiger partial charge in [0.05, 0.1) is 5.39 Å². The first-order chi connectivity index (χ1) is 13.5. The van der Waals surface area contributed by atoms with Gasteiger partial charge in [0, 0.05) is 34.5 Å². The van der Waals surface area contributed by atoms with Gasteiger partial charge < -0.3 is 5.73 Å². The molecular weight excluding hydrogens is 394 g/mol. The second kappa shape index (κ2) is 7.58. The number of thiophene rings is 1. The Bertz CT molecular complexity index is 1210. The van der Waals surface area contributed by atoms with Crippen LogP contribution in [0, 0.1) is 0 Å². The van der Waals surface area contributed by atoms with Crippen LogP contribution in [-0.2, 0) is 11.3 Å². The molecule has 0 saturated heterocycles. The van der Waals surface area contributed by atoms with Crippen molar-refractivity contribution < 1.29 is 4.79 Å². The van der Waals surface area contributed by atoms with Gasteiger partial charge in [0.15, 0.2) is 0 Å². The molecule has 0 spiro atoms. The summed E-state index contributed by atoms with van der Waals surface area (Å²) in [5.74, 6) is 0.0677. The lowest BCUT2D eigenvalue weighted by Gasteiger charge is -2.12. The Hall–Kier alpha value is -2.96. The van der Waals surface area contributed by atoms with E-state index in [9.17, 15) is 9.59 Å². The molecule has 0 aliphatic rings. The molecule has 2 aromatic carbocycles. The van der Waals surface area contributed by atoms with Crippen molar-refractivity contribution in [2.24, 2.45) is 5.73 Å². The van der Waals surface area contributed by atoms with Crippen molar-refractivity contribution in [2.75, 3.05) is 0 Å². The van der Waals surface area contributed by atoms with Crippen LogP contribution >= 0.6 is 22.9 Å². The number of rotatable bonds is 5. The Morgan fingerprint density at radius 2 is 1.79 bits per heavy atom. The minimum absolute atomic E-state index is 0.0628. The minimum atomic E-state index is -0.464. The highest BCUT2D eigenvalue weighted by molar-refractivity contribution is 7.17. The van der Waals surface area contributed by atoms with Crippen molar-refractivity contribution in [3.8, 4) is 22.5 Å². The fraction of sp³-hybridized carbons (Fsp3) is 0.0952. The van der Waals surface area contributed by atoms with E-state index in [1.807, 2.05) is 47.8 Å². The zero-order chi connectivity index (χ0) is 19.7. The number of benzene rings is 2. The van der Waals surface area contributed by atoms with Crippen LogP contribution in [0.4, 0.5) is 0 Å². The average molecular weight is 410 g/mol. The topological polar surface area (TPSA) is 78.0 Å². The number of carbonyl (C=O) groups excluding carboxylic acids is 1. The van der Waals surface area contributed by atoms with Gasteiger partial charge in [-0.3, -0.25) is 14.2 Å². The van der Waals surface area contributed by atoms with Gasteiger partial charge in [-0.1, -0.05) is 54.1 Å². The van der Waals surface area contributed by atoms with Gasteiger partial charge in [-0.2, -0.15) is 0 Å². The highest BCUT2D eigenvalue weighted by Gasteiger charge is 2.18. The molecular formula is C21H16ClN3O2S.